The molecule has 1 aromatic carbocycles. The molecule has 22 heavy (non-hydrogen) atoms. The van der Waals surface area contributed by atoms with Gasteiger partial charge in [-0.2, -0.15) is 0 Å². The molecule has 0 bridgehead atoms. The van der Waals surface area contributed by atoms with Crippen LogP contribution in [0.3, 0.4) is 0 Å². The molecule has 0 fully saturated rings. The van der Waals surface area contributed by atoms with Gasteiger partial charge in [-0.05, 0) is 24.1 Å². The van der Waals surface area contributed by atoms with Crippen molar-refractivity contribution in [3.05, 3.63) is 47.7 Å². The molecule has 0 unspecified atom stereocenters. The summed E-state index contributed by atoms with van der Waals surface area (Å²) in [4.78, 5) is 27.3. The van der Waals surface area contributed by atoms with E-state index in [4.69, 9.17) is 5.73 Å². The van der Waals surface area contributed by atoms with E-state index in [9.17, 15) is 14.0 Å². The van der Waals surface area contributed by atoms with Crippen LogP contribution in [0.4, 0.5) is 10.2 Å². The Hall–Kier alpha value is -2.70. The van der Waals surface area contributed by atoms with Gasteiger partial charge >= 0.3 is 0 Å². The Morgan fingerprint density at radius 3 is 2.59 bits per heavy atom. The predicted molar refractivity (Wildman–Crippen MR) is 79.8 cm³/mol. The third-order valence-electron chi connectivity index (χ3n) is 3.07. The molecule has 2 amide bonds. The molecule has 7 heteroatoms. The van der Waals surface area contributed by atoms with Crippen molar-refractivity contribution in [2.75, 3.05) is 5.32 Å². The number of aromatic nitrogens is 2. The van der Waals surface area contributed by atoms with E-state index in [1.807, 2.05) is 6.92 Å². The van der Waals surface area contributed by atoms with Crippen molar-refractivity contribution in [1.29, 1.82) is 0 Å². The molecule has 0 aliphatic rings. The summed E-state index contributed by atoms with van der Waals surface area (Å²) >= 11 is 0. The summed E-state index contributed by atoms with van der Waals surface area (Å²) in [5.74, 6) is -1.10. The lowest BCUT2D eigenvalue weighted by Gasteiger charge is -2.08. The standard InChI is InChI=1S/C15H17FN4O2/c1-2-3-12(21)19-15-13(14(17)22)20(9-18-15)8-10-4-6-11(16)7-5-10/h4-7,9H,2-3,8H2,1H3,(H2,17,22)(H,19,21). The van der Waals surface area contributed by atoms with E-state index in [1.54, 1.807) is 12.1 Å². The monoisotopic (exact) mass is 304 g/mol. The number of nitrogens with zero attached hydrogens (tertiary/aromatic N) is 2. The fraction of sp³-hybridized carbons (Fsp3) is 0.267. The van der Waals surface area contributed by atoms with Gasteiger partial charge in [0.1, 0.15) is 5.82 Å². The van der Waals surface area contributed by atoms with Gasteiger partial charge in [0.15, 0.2) is 11.5 Å². The maximum absolute atomic E-state index is 12.9. The minimum atomic E-state index is -0.689. The lowest BCUT2D eigenvalue weighted by Crippen LogP contribution is -2.21. The first kappa shape index (κ1) is 15.7. The van der Waals surface area contributed by atoms with E-state index in [0.717, 1.165) is 5.56 Å². The van der Waals surface area contributed by atoms with Gasteiger partial charge in [0.05, 0.1) is 6.33 Å². The number of primary amides is 1. The van der Waals surface area contributed by atoms with Crippen LogP contribution < -0.4 is 11.1 Å². The average molecular weight is 304 g/mol. The fourth-order valence-corrected chi connectivity index (χ4v) is 2.06. The van der Waals surface area contributed by atoms with Crippen LogP contribution >= 0.6 is 0 Å². The number of rotatable bonds is 6. The Balaban J connectivity index is 2.24. The first-order valence-corrected chi connectivity index (χ1v) is 6.90. The topological polar surface area (TPSA) is 90.0 Å². The number of hydrogen-bond donors (Lipinski definition) is 2. The third-order valence-corrected chi connectivity index (χ3v) is 3.07. The second-order valence-corrected chi connectivity index (χ2v) is 4.86. The molecule has 0 saturated carbocycles. The lowest BCUT2D eigenvalue weighted by molar-refractivity contribution is -0.116. The number of nitrogens with two attached hydrogens (primary N) is 1. The molecule has 1 heterocycles. The molecule has 0 spiro atoms. The van der Waals surface area contributed by atoms with Crippen molar-refractivity contribution in [1.82, 2.24) is 9.55 Å². The van der Waals surface area contributed by atoms with Crippen molar-refractivity contribution in [2.45, 2.75) is 26.3 Å². The second kappa shape index (κ2) is 6.84. The highest BCUT2D eigenvalue weighted by Crippen LogP contribution is 2.16. The van der Waals surface area contributed by atoms with E-state index < -0.39 is 5.91 Å². The van der Waals surface area contributed by atoms with Gasteiger partial charge in [-0.1, -0.05) is 19.1 Å². The highest BCUT2D eigenvalue weighted by molar-refractivity contribution is 6.00. The molecular formula is C15H17FN4O2. The van der Waals surface area contributed by atoms with Gasteiger partial charge in [-0.3, -0.25) is 9.59 Å². The SMILES string of the molecule is CCCC(=O)Nc1ncn(Cc2ccc(F)cc2)c1C(N)=O. The number of carbonyl (C=O) groups is 2. The number of imidazole rings is 1. The highest BCUT2D eigenvalue weighted by atomic mass is 19.1. The van der Waals surface area contributed by atoms with E-state index >= 15 is 0 Å². The molecule has 0 saturated heterocycles. The number of halogens is 1. The Labute approximate surface area is 127 Å². The number of amides is 2. The summed E-state index contributed by atoms with van der Waals surface area (Å²) < 4.78 is 14.4. The summed E-state index contributed by atoms with van der Waals surface area (Å²) in [6.07, 6.45) is 2.45. The molecular weight excluding hydrogens is 287 g/mol. The van der Waals surface area contributed by atoms with Gasteiger partial charge in [0.2, 0.25) is 5.91 Å². The summed E-state index contributed by atoms with van der Waals surface area (Å²) in [5.41, 5.74) is 6.28. The van der Waals surface area contributed by atoms with Crippen molar-refractivity contribution < 1.29 is 14.0 Å². The molecule has 0 radical (unpaired) electrons. The molecule has 2 aromatic rings. The first-order valence-electron chi connectivity index (χ1n) is 6.90. The highest BCUT2D eigenvalue weighted by Gasteiger charge is 2.18. The molecule has 116 valence electrons. The zero-order valence-electron chi connectivity index (χ0n) is 12.2. The van der Waals surface area contributed by atoms with Crippen LogP contribution in [0.15, 0.2) is 30.6 Å². The summed E-state index contributed by atoms with van der Waals surface area (Å²) in [6, 6.07) is 5.88. The van der Waals surface area contributed by atoms with E-state index in [2.05, 4.69) is 10.3 Å². The van der Waals surface area contributed by atoms with Gasteiger partial charge in [-0.15, -0.1) is 0 Å². The van der Waals surface area contributed by atoms with Crippen LogP contribution in [-0.2, 0) is 11.3 Å². The number of anilines is 1. The third kappa shape index (κ3) is 3.69. The van der Waals surface area contributed by atoms with Crippen LogP contribution in [-0.4, -0.2) is 21.4 Å². The van der Waals surface area contributed by atoms with Gasteiger partial charge in [0.25, 0.3) is 5.91 Å². The van der Waals surface area contributed by atoms with Crippen molar-refractivity contribution >= 4 is 17.6 Å². The largest absolute Gasteiger partial charge is 0.364 e. The summed E-state index contributed by atoms with van der Waals surface area (Å²) in [7, 11) is 0. The molecule has 0 atom stereocenters. The van der Waals surface area contributed by atoms with E-state index in [-0.39, 0.29) is 23.2 Å². The molecule has 1 aromatic heterocycles. The van der Waals surface area contributed by atoms with Gasteiger partial charge in [-0.25, -0.2) is 9.37 Å². The molecule has 0 aliphatic carbocycles. The van der Waals surface area contributed by atoms with Gasteiger partial charge < -0.3 is 15.6 Å². The summed E-state index contributed by atoms with van der Waals surface area (Å²) in [6.45, 7) is 2.18. The minimum absolute atomic E-state index is 0.119. The maximum Gasteiger partial charge on any atom is 0.269 e. The molecule has 6 nitrogen and oxygen atoms in total. The predicted octanol–water partition coefficient (Wildman–Crippen LogP) is 1.91. The zero-order chi connectivity index (χ0) is 16.1. The Bertz CT molecular complexity index is 679. The second-order valence-electron chi connectivity index (χ2n) is 4.86. The smallest absolute Gasteiger partial charge is 0.269 e. The number of hydrogen-bond acceptors (Lipinski definition) is 3. The minimum Gasteiger partial charge on any atom is -0.364 e. The number of nitrogens with one attached hydrogen (secondary N) is 1. The average Bonchev–Trinajstić information content (AvgIpc) is 2.84. The zero-order valence-corrected chi connectivity index (χ0v) is 12.2. The normalized spacial score (nSPS) is 10.5. The Morgan fingerprint density at radius 1 is 1.32 bits per heavy atom. The molecule has 2 rings (SSSR count). The van der Waals surface area contributed by atoms with E-state index in [1.165, 1.54) is 23.0 Å². The van der Waals surface area contributed by atoms with Crippen molar-refractivity contribution in [3.8, 4) is 0 Å². The van der Waals surface area contributed by atoms with Crippen LogP contribution in [0.5, 0.6) is 0 Å². The van der Waals surface area contributed by atoms with Crippen LogP contribution in [0.25, 0.3) is 0 Å². The van der Waals surface area contributed by atoms with E-state index in [0.29, 0.717) is 19.4 Å². The van der Waals surface area contributed by atoms with Gasteiger partial charge in [0, 0.05) is 13.0 Å². The van der Waals surface area contributed by atoms with Crippen LogP contribution in [0, 0.1) is 5.82 Å². The maximum atomic E-state index is 12.9. The van der Waals surface area contributed by atoms with Crippen molar-refractivity contribution in [3.63, 3.8) is 0 Å². The first-order chi connectivity index (χ1) is 10.5. The number of carbonyl (C=O) groups excluding carboxylic acids is 2. The lowest BCUT2D eigenvalue weighted by atomic mass is 10.2. The number of benzene rings is 1. The Morgan fingerprint density at radius 2 is 2.00 bits per heavy atom. The van der Waals surface area contributed by atoms with Crippen LogP contribution in [0.2, 0.25) is 0 Å². The Kier molecular flexibility index (Phi) is 4.88. The quantitative estimate of drug-likeness (QED) is 0.854. The molecule has 0 aliphatic heterocycles. The fourth-order valence-electron chi connectivity index (χ4n) is 2.06. The van der Waals surface area contributed by atoms with Crippen molar-refractivity contribution in [2.24, 2.45) is 5.73 Å². The van der Waals surface area contributed by atoms with Crippen LogP contribution in [0.1, 0.15) is 35.8 Å². The molecule has 3 N–H and O–H groups in total. The summed E-state index contributed by atoms with van der Waals surface area (Å²) in [5, 5.41) is 2.58.